The van der Waals surface area contributed by atoms with Crippen LogP contribution in [0.5, 0.6) is 0 Å². The maximum atomic E-state index is 12.3. The van der Waals surface area contributed by atoms with Crippen molar-refractivity contribution in [3.8, 4) is 0 Å². The number of hydrogen-bond donors (Lipinski definition) is 1. The van der Waals surface area contributed by atoms with E-state index in [1.807, 2.05) is 0 Å². The summed E-state index contributed by atoms with van der Waals surface area (Å²) in [5.74, 6) is 0.0657. The number of rotatable bonds is 17. The first-order valence-corrected chi connectivity index (χ1v) is 14.2. The number of sulfone groups is 1. The third kappa shape index (κ3) is 13.5. The van der Waals surface area contributed by atoms with Crippen LogP contribution < -0.4 is 0 Å². The van der Waals surface area contributed by atoms with Gasteiger partial charge in [-0.1, -0.05) is 90.4 Å². The molecule has 0 saturated heterocycles. The molecule has 1 N–H and O–H groups in total. The Morgan fingerprint density at radius 2 is 0.933 bits per heavy atom. The molecule has 0 aromatic heterocycles. The van der Waals surface area contributed by atoms with Gasteiger partial charge in [0, 0.05) is 29.6 Å². The molecule has 0 unspecified atom stereocenters. The average Bonchev–Trinajstić information content (AvgIpc) is 2.67. The molecule has 0 saturated carbocycles. The Hall–Kier alpha value is 0.0800. The van der Waals surface area contributed by atoms with Gasteiger partial charge in [-0.25, -0.2) is 8.42 Å². The number of unbranched alkanes of at least 4 members (excludes halogenated alkanes) is 13. The van der Waals surface area contributed by atoms with Gasteiger partial charge in [-0.3, -0.25) is 4.55 Å². The Labute approximate surface area is 206 Å². The van der Waals surface area contributed by atoms with Gasteiger partial charge in [0.15, 0.2) is 9.84 Å². The molecule has 0 atom stereocenters. The SMILES string of the molecule is CCCCCCCCCCCCCCCCS(=O)(=O)c1ccc(S(=O)(=O)O)cc1.[Na]. The summed E-state index contributed by atoms with van der Waals surface area (Å²) in [6.07, 6.45) is 17.0. The molecule has 0 fully saturated rings. The van der Waals surface area contributed by atoms with Crippen LogP contribution >= 0.6 is 0 Å². The fourth-order valence-corrected chi connectivity index (χ4v) is 5.27. The molecule has 1 rings (SSSR count). The molecule has 0 aliphatic carbocycles. The summed E-state index contributed by atoms with van der Waals surface area (Å²) in [6, 6.07) is 4.71. The van der Waals surface area contributed by atoms with Gasteiger partial charge in [-0.05, 0) is 30.7 Å². The second-order valence-electron chi connectivity index (χ2n) is 7.86. The topological polar surface area (TPSA) is 88.5 Å². The predicted octanol–water partition coefficient (Wildman–Crippen LogP) is 5.81. The first kappa shape index (κ1) is 30.1. The standard InChI is InChI=1S/C22H38O5S2.Na/c1-2-3-4-5-6-7-8-9-10-11-12-13-14-15-20-28(23,24)21-16-18-22(19-17-21)29(25,26)27;/h16-19H,2-15,20H2,1H3,(H,25,26,27);. The molecule has 0 aliphatic rings. The van der Waals surface area contributed by atoms with Crippen LogP contribution in [0.1, 0.15) is 96.8 Å². The molecular weight excluding hydrogens is 431 g/mol. The van der Waals surface area contributed by atoms with E-state index in [2.05, 4.69) is 6.92 Å². The molecule has 30 heavy (non-hydrogen) atoms. The van der Waals surface area contributed by atoms with E-state index < -0.39 is 20.0 Å². The Morgan fingerprint density at radius 3 is 1.30 bits per heavy atom. The van der Waals surface area contributed by atoms with Crippen molar-refractivity contribution in [2.45, 2.75) is 107 Å². The largest absolute Gasteiger partial charge is 0.294 e. The average molecular weight is 470 g/mol. The van der Waals surface area contributed by atoms with E-state index in [9.17, 15) is 16.8 Å². The summed E-state index contributed by atoms with van der Waals surface area (Å²) >= 11 is 0. The molecule has 5 nitrogen and oxygen atoms in total. The second kappa shape index (κ2) is 16.7. The molecule has 0 spiro atoms. The summed E-state index contributed by atoms with van der Waals surface area (Å²) < 4.78 is 55.6. The van der Waals surface area contributed by atoms with Crippen molar-refractivity contribution in [3.05, 3.63) is 24.3 Å². The first-order chi connectivity index (χ1) is 13.8. The fourth-order valence-electron chi connectivity index (χ4n) is 3.42. The smallest absolute Gasteiger partial charge is 0.282 e. The summed E-state index contributed by atoms with van der Waals surface area (Å²) in [7, 11) is -7.72. The summed E-state index contributed by atoms with van der Waals surface area (Å²) in [5, 5.41) is 0. The Balaban J connectivity index is 0.00000841. The van der Waals surface area contributed by atoms with E-state index in [1.54, 1.807) is 0 Å². The van der Waals surface area contributed by atoms with Crippen molar-refractivity contribution in [2.24, 2.45) is 0 Å². The van der Waals surface area contributed by atoms with Gasteiger partial charge in [0.2, 0.25) is 0 Å². The Bertz CT molecular complexity index is 759. The van der Waals surface area contributed by atoms with Crippen molar-refractivity contribution in [3.63, 3.8) is 0 Å². The zero-order chi connectivity index (χ0) is 21.6. The van der Waals surface area contributed by atoms with E-state index in [0.717, 1.165) is 31.4 Å². The van der Waals surface area contributed by atoms with Gasteiger partial charge in [0.25, 0.3) is 10.1 Å². The summed E-state index contributed by atoms with van der Waals surface area (Å²) in [6.45, 7) is 2.24. The molecule has 0 bridgehead atoms. The molecule has 169 valence electrons. The quantitative estimate of drug-likeness (QED) is 0.177. The molecule has 1 radical (unpaired) electrons. The zero-order valence-corrected chi connectivity index (χ0v) is 22.4. The van der Waals surface area contributed by atoms with Gasteiger partial charge in [0.1, 0.15) is 0 Å². The number of hydrogen-bond acceptors (Lipinski definition) is 4. The van der Waals surface area contributed by atoms with Crippen molar-refractivity contribution in [1.82, 2.24) is 0 Å². The fraction of sp³-hybridized carbons (Fsp3) is 0.727. The summed E-state index contributed by atoms with van der Waals surface area (Å²) in [5.41, 5.74) is 0. The van der Waals surface area contributed by atoms with Crippen LogP contribution in [0, 0.1) is 0 Å². The van der Waals surface area contributed by atoms with Crippen molar-refractivity contribution in [2.75, 3.05) is 5.75 Å². The van der Waals surface area contributed by atoms with E-state index in [1.165, 1.54) is 76.3 Å². The minimum atomic E-state index is -4.30. The minimum Gasteiger partial charge on any atom is -0.282 e. The van der Waals surface area contributed by atoms with Crippen molar-refractivity contribution < 1.29 is 21.4 Å². The molecule has 0 aliphatic heterocycles. The van der Waals surface area contributed by atoms with Gasteiger partial charge in [-0.2, -0.15) is 8.42 Å². The van der Waals surface area contributed by atoms with Crippen LogP contribution in [0.2, 0.25) is 0 Å². The van der Waals surface area contributed by atoms with Gasteiger partial charge < -0.3 is 0 Å². The molecule has 8 heteroatoms. The van der Waals surface area contributed by atoms with Crippen LogP contribution in [0.25, 0.3) is 0 Å². The minimum absolute atomic E-state index is 0. The Morgan fingerprint density at radius 1 is 0.600 bits per heavy atom. The first-order valence-electron chi connectivity index (χ1n) is 11.1. The van der Waals surface area contributed by atoms with Gasteiger partial charge in [-0.15, -0.1) is 0 Å². The monoisotopic (exact) mass is 469 g/mol. The van der Waals surface area contributed by atoms with Gasteiger partial charge in [0.05, 0.1) is 15.5 Å². The van der Waals surface area contributed by atoms with Crippen LogP contribution in [0.4, 0.5) is 0 Å². The number of benzene rings is 1. The van der Waals surface area contributed by atoms with Gasteiger partial charge >= 0.3 is 0 Å². The molecule has 0 amide bonds. The maximum Gasteiger partial charge on any atom is 0.294 e. The molecular formula is C22H38NaO5S2. The van der Waals surface area contributed by atoms with Crippen LogP contribution in [0.3, 0.4) is 0 Å². The molecule has 1 aromatic carbocycles. The Kier molecular flexibility index (Phi) is 16.7. The maximum absolute atomic E-state index is 12.3. The summed E-state index contributed by atoms with van der Waals surface area (Å²) in [4.78, 5) is -0.201. The van der Waals surface area contributed by atoms with Crippen molar-refractivity contribution in [1.29, 1.82) is 0 Å². The van der Waals surface area contributed by atoms with E-state index in [0.29, 0.717) is 6.42 Å². The zero-order valence-electron chi connectivity index (χ0n) is 18.8. The van der Waals surface area contributed by atoms with E-state index in [-0.39, 0.29) is 45.1 Å². The van der Waals surface area contributed by atoms with E-state index in [4.69, 9.17) is 4.55 Å². The second-order valence-corrected chi connectivity index (χ2v) is 11.4. The third-order valence-electron chi connectivity index (χ3n) is 5.25. The normalized spacial score (nSPS) is 11.9. The van der Waals surface area contributed by atoms with Crippen LogP contribution in [-0.4, -0.2) is 56.7 Å². The molecule has 1 aromatic rings. The van der Waals surface area contributed by atoms with E-state index >= 15 is 0 Å². The molecule has 0 heterocycles. The van der Waals surface area contributed by atoms with Crippen molar-refractivity contribution >= 4 is 49.5 Å². The van der Waals surface area contributed by atoms with Crippen LogP contribution in [0.15, 0.2) is 34.1 Å². The predicted molar refractivity (Wildman–Crippen MR) is 124 cm³/mol. The third-order valence-corrected chi connectivity index (χ3v) is 7.93. The van der Waals surface area contributed by atoms with Crippen LogP contribution in [-0.2, 0) is 20.0 Å².